The number of carbonyl (C=O) groups excluding carboxylic acids is 2. The molecule has 0 saturated heterocycles. The molecular formula is C39H41N3O3. The van der Waals surface area contributed by atoms with Crippen molar-refractivity contribution in [2.45, 2.75) is 78.5 Å². The Morgan fingerprint density at radius 2 is 1.69 bits per heavy atom. The summed E-state index contributed by atoms with van der Waals surface area (Å²) in [7, 11) is 0. The first-order valence-electron chi connectivity index (χ1n) is 15.8. The lowest BCUT2D eigenvalue weighted by atomic mass is 9.98. The van der Waals surface area contributed by atoms with Gasteiger partial charge >= 0.3 is 5.97 Å². The van der Waals surface area contributed by atoms with Crippen LogP contribution in [0.2, 0.25) is 0 Å². The molecule has 230 valence electrons. The van der Waals surface area contributed by atoms with Crippen molar-refractivity contribution in [3.63, 3.8) is 0 Å². The number of esters is 1. The first-order chi connectivity index (χ1) is 21.5. The number of pyridine rings is 1. The second-order valence-corrected chi connectivity index (χ2v) is 13.2. The topological polar surface area (TPSA) is 73.2 Å². The fourth-order valence-corrected chi connectivity index (χ4v) is 5.88. The number of aromatic nitrogens is 2. The summed E-state index contributed by atoms with van der Waals surface area (Å²) in [5, 5.41) is 4.22. The normalized spacial score (nSPS) is 13.9. The third-order valence-electron chi connectivity index (χ3n) is 8.63. The van der Waals surface area contributed by atoms with E-state index in [1.54, 1.807) is 0 Å². The Morgan fingerprint density at radius 1 is 0.956 bits per heavy atom. The predicted octanol–water partition coefficient (Wildman–Crippen LogP) is 8.69. The summed E-state index contributed by atoms with van der Waals surface area (Å²) < 4.78 is 7.95. The minimum Gasteiger partial charge on any atom is -0.456 e. The van der Waals surface area contributed by atoms with E-state index in [-0.39, 0.29) is 17.9 Å². The number of aryl methyl sites for hydroxylation is 1. The number of amides is 1. The van der Waals surface area contributed by atoms with Crippen LogP contribution in [0.25, 0.3) is 22.0 Å². The van der Waals surface area contributed by atoms with Crippen LogP contribution in [0.15, 0.2) is 84.9 Å². The molecular weight excluding hydrogens is 558 g/mol. The summed E-state index contributed by atoms with van der Waals surface area (Å²) in [4.78, 5) is 31.0. The van der Waals surface area contributed by atoms with E-state index in [1.807, 2.05) is 82.3 Å². The van der Waals surface area contributed by atoms with Crippen molar-refractivity contribution in [3.8, 4) is 11.1 Å². The molecule has 45 heavy (non-hydrogen) atoms. The van der Waals surface area contributed by atoms with E-state index in [1.165, 1.54) is 12.8 Å². The minimum absolute atomic E-state index is 0.102. The van der Waals surface area contributed by atoms with Gasteiger partial charge in [0.1, 0.15) is 5.60 Å². The average Bonchev–Trinajstić information content (AvgIpc) is 3.85. The first-order valence-corrected chi connectivity index (χ1v) is 15.8. The molecule has 0 aliphatic heterocycles. The molecule has 6 heteroatoms. The lowest BCUT2D eigenvalue weighted by molar-refractivity contribution is 0.00703. The SMILES string of the molecule is Cc1c(C)n(Cc2ccc(-c3ccccc3C(=O)OC(C)(C)C)cc2)c2ccc(C(=O)N[C@@H](C)c3cccc(C4CC4)n3)cc12. The molecule has 0 bridgehead atoms. The average molecular weight is 600 g/mol. The number of nitrogens with one attached hydrogen (secondary N) is 1. The summed E-state index contributed by atoms with van der Waals surface area (Å²) >= 11 is 0. The number of nitrogens with zero attached hydrogens (tertiary/aromatic N) is 2. The van der Waals surface area contributed by atoms with Gasteiger partial charge < -0.3 is 14.6 Å². The number of hydrogen-bond acceptors (Lipinski definition) is 4. The van der Waals surface area contributed by atoms with Crippen LogP contribution in [0.4, 0.5) is 0 Å². The molecule has 6 rings (SSSR count). The second kappa shape index (κ2) is 12.0. The highest BCUT2D eigenvalue weighted by atomic mass is 16.6. The van der Waals surface area contributed by atoms with Crippen LogP contribution in [0, 0.1) is 13.8 Å². The molecule has 1 atom stereocenters. The Hall–Kier alpha value is -4.71. The number of hydrogen-bond donors (Lipinski definition) is 1. The Labute approximate surface area is 265 Å². The Balaban J connectivity index is 1.20. The predicted molar refractivity (Wildman–Crippen MR) is 180 cm³/mol. The van der Waals surface area contributed by atoms with Gasteiger partial charge in [0.25, 0.3) is 5.91 Å². The molecule has 2 aromatic heterocycles. The van der Waals surface area contributed by atoms with E-state index in [0.29, 0.717) is 23.6 Å². The number of fused-ring (bicyclic) bond motifs is 1. The van der Waals surface area contributed by atoms with Crippen molar-refractivity contribution in [2.75, 3.05) is 0 Å². The van der Waals surface area contributed by atoms with Gasteiger partial charge in [-0.05, 0) is 113 Å². The maximum absolute atomic E-state index is 13.3. The van der Waals surface area contributed by atoms with Crippen molar-refractivity contribution in [3.05, 3.63) is 124 Å². The first kappa shape index (κ1) is 30.3. The fraction of sp³-hybridized carbons (Fsp3) is 0.308. The Morgan fingerprint density at radius 3 is 2.40 bits per heavy atom. The van der Waals surface area contributed by atoms with Crippen LogP contribution in [0.1, 0.15) is 101 Å². The molecule has 2 heterocycles. The molecule has 0 unspecified atom stereocenters. The summed E-state index contributed by atoms with van der Waals surface area (Å²) in [6.07, 6.45) is 2.40. The zero-order valence-electron chi connectivity index (χ0n) is 27.0. The highest BCUT2D eigenvalue weighted by Crippen LogP contribution is 2.39. The summed E-state index contributed by atoms with van der Waals surface area (Å²) in [5.74, 6) is 0.147. The lowest BCUT2D eigenvalue weighted by Crippen LogP contribution is -2.27. The maximum atomic E-state index is 13.3. The third kappa shape index (κ3) is 6.56. The molecule has 1 fully saturated rings. The quantitative estimate of drug-likeness (QED) is 0.181. The summed E-state index contributed by atoms with van der Waals surface area (Å²) in [6.45, 7) is 12.5. The molecule has 0 radical (unpaired) electrons. The van der Waals surface area contributed by atoms with Gasteiger partial charge in [0.05, 0.1) is 17.3 Å². The molecule has 0 spiro atoms. The van der Waals surface area contributed by atoms with Crippen molar-refractivity contribution < 1.29 is 14.3 Å². The van der Waals surface area contributed by atoms with E-state index in [9.17, 15) is 9.59 Å². The number of carbonyl (C=O) groups is 2. The van der Waals surface area contributed by atoms with E-state index >= 15 is 0 Å². The van der Waals surface area contributed by atoms with E-state index < -0.39 is 5.60 Å². The molecule has 6 nitrogen and oxygen atoms in total. The Bertz CT molecular complexity index is 1890. The van der Waals surface area contributed by atoms with Gasteiger partial charge in [0.2, 0.25) is 0 Å². The Kier molecular flexibility index (Phi) is 8.08. The van der Waals surface area contributed by atoms with Crippen molar-refractivity contribution in [1.82, 2.24) is 14.9 Å². The molecule has 1 saturated carbocycles. The van der Waals surface area contributed by atoms with Crippen LogP contribution < -0.4 is 5.32 Å². The lowest BCUT2D eigenvalue weighted by Gasteiger charge is -2.20. The van der Waals surface area contributed by atoms with Gasteiger partial charge in [0, 0.05) is 40.3 Å². The standard InChI is InChI=1S/C39H41N3O3/c1-24-26(3)42(23-27-14-16-28(17-15-27)31-10-7-8-11-32(31)38(44)45-39(4,5)6)36-21-20-30(22-33(24)36)37(43)40-25(2)34-12-9-13-35(41-34)29-18-19-29/h7-17,20-22,25,29H,18-19,23H2,1-6H3,(H,40,43)/t25-/m0/s1. The van der Waals surface area contributed by atoms with Gasteiger partial charge in [-0.2, -0.15) is 0 Å². The summed E-state index contributed by atoms with van der Waals surface area (Å²) in [6, 6.07) is 27.8. The van der Waals surface area contributed by atoms with Crippen molar-refractivity contribution >= 4 is 22.8 Å². The van der Waals surface area contributed by atoms with Crippen molar-refractivity contribution in [2.24, 2.45) is 0 Å². The summed E-state index contributed by atoms with van der Waals surface area (Å²) in [5.41, 5.74) is 9.03. The zero-order chi connectivity index (χ0) is 31.9. The van der Waals surface area contributed by atoms with Gasteiger partial charge in [0.15, 0.2) is 0 Å². The molecule has 3 aromatic carbocycles. The van der Waals surface area contributed by atoms with E-state index in [0.717, 1.165) is 50.2 Å². The van der Waals surface area contributed by atoms with E-state index in [2.05, 4.69) is 54.1 Å². The van der Waals surface area contributed by atoms with Crippen LogP contribution in [0.5, 0.6) is 0 Å². The zero-order valence-corrected chi connectivity index (χ0v) is 27.0. The number of rotatable bonds is 8. The molecule has 1 amide bonds. The molecule has 1 N–H and O–H groups in total. The van der Waals surface area contributed by atoms with Crippen LogP contribution >= 0.6 is 0 Å². The third-order valence-corrected chi connectivity index (χ3v) is 8.63. The van der Waals surface area contributed by atoms with Crippen LogP contribution in [-0.2, 0) is 11.3 Å². The second-order valence-electron chi connectivity index (χ2n) is 13.2. The van der Waals surface area contributed by atoms with Crippen molar-refractivity contribution in [1.29, 1.82) is 0 Å². The minimum atomic E-state index is -0.564. The fourth-order valence-electron chi connectivity index (χ4n) is 5.88. The van der Waals surface area contributed by atoms with Crippen LogP contribution in [-0.4, -0.2) is 27.0 Å². The van der Waals surface area contributed by atoms with Gasteiger partial charge in [-0.25, -0.2) is 4.79 Å². The molecule has 1 aliphatic rings. The van der Waals surface area contributed by atoms with E-state index in [4.69, 9.17) is 9.72 Å². The monoisotopic (exact) mass is 599 g/mol. The number of ether oxygens (including phenoxy) is 1. The number of benzene rings is 3. The molecule has 1 aliphatic carbocycles. The van der Waals surface area contributed by atoms with Gasteiger partial charge in [-0.1, -0.05) is 48.5 Å². The highest BCUT2D eigenvalue weighted by Gasteiger charge is 2.26. The van der Waals surface area contributed by atoms with Crippen LogP contribution in [0.3, 0.4) is 0 Å². The largest absolute Gasteiger partial charge is 0.456 e. The maximum Gasteiger partial charge on any atom is 0.339 e. The highest BCUT2D eigenvalue weighted by molar-refractivity contribution is 5.99. The van der Waals surface area contributed by atoms with Gasteiger partial charge in [-0.3, -0.25) is 9.78 Å². The van der Waals surface area contributed by atoms with Gasteiger partial charge in [-0.15, -0.1) is 0 Å². The smallest absolute Gasteiger partial charge is 0.339 e. The molecule has 5 aromatic rings.